The Bertz CT molecular complexity index is 730. The second-order valence-corrected chi connectivity index (χ2v) is 6.69. The molecule has 0 amide bonds. The van der Waals surface area contributed by atoms with Crippen LogP contribution >= 0.6 is 11.6 Å². The first-order chi connectivity index (χ1) is 9.94. The van der Waals surface area contributed by atoms with E-state index in [-0.39, 0.29) is 15.6 Å². The highest BCUT2D eigenvalue weighted by Gasteiger charge is 2.17. The van der Waals surface area contributed by atoms with E-state index in [4.69, 9.17) is 11.6 Å². The Balaban J connectivity index is 2.27. The number of nitrogens with one attached hydrogen (secondary N) is 1. The Morgan fingerprint density at radius 3 is 2.43 bits per heavy atom. The standard InChI is InChI=1S/C15H15ClFNO2S/c1-2-4-11-7-9-12(10-8-11)21(19,20)18-14-6-3-5-13(16)15(14)17/h3,5-10,18H,2,4H2,1H3. The van der Waals surface area contributed by atoms with Gasteiger partial charge in [-0.05, 0) is 36.2 Å². The van der Waals surface area contributed by atoms with Crippen LogP contribution in [0.4, 0.5) is 10.1 Å². The number of hydrogen-bond acceptors (Lipinski definition) is 2. The molecule has 0 saturated heterocycles. The van der Waals surface area contributed by atoms with Crippen molar-refractivity contribution in [3.8, 4) is 0 Å². The summed E-state index contributed by atoms with van der Waals surface area (Å²) in [5, 5.41) is -0.131. The third-order valence-corrected chi connectivity index (χ3v) is 4.64. The molecule has 0 aromatic heterocycles. The second kappa shape index (κ2) is 6.45. The van der Waals surface area contributed by atoms with Crippen molar-refractivity contribution in [3.63, 3.8) is 0 Å². The molecule has 0 unspecified atom stereocenters. The first kappa shape index (κ1) is 15.8. The van der Waals surface area contributed by atoms with E-state index in [1.54, 1.807) is 12.1 Å². The van der Waals surface area contributed by atoms with E-state index in [9.17, 15) is 12.8 Å². The Labute approximate surface area is 128 Å². The first-order valence-corrected chi connectivity index (χ1v) is 8.36. The minimum Gasteiger partial charge on any atom is -0.277 e. The van der Waals surface area contributed by atoms with Crippen molar-refractivity contribution in [2.45, 2.75) is 24.7 Å². The number of aryl methyl sites for hydroxylation is 1. The minimum atomic E-state index is -3.83. The summed E-state index contributed by atoms with van der Waals surface area (Å²) in [5.41, 5.74) is 0.894. The van der Waals surface area contributed by atoms with Gasteiger partial charge in [-0.25, -0.2) is 12.8 Å². The Morgan fingerprint density at radius 1 is 1.14 bits per heavy atom. The SMILES string of the molecule is CCCc1ccc(S(=O)(=O)Nc2cccc(Cl)c2F)cc1. The summed E-state index contributed by atoms with van der Waals surface area (Å²) in [6, 6.07) is 10.7. The van der Waals surface area contributed by atoms with Crippen LogP contribution in [0.5, 0.6) is 0 Å². The molecule has 6 heteroatoms. The molecular weight excluding hydrogens is 313 g/mol. The van der Waals surface area contributed by atoms with Gasteiger partial charge in [0.1, 0.15) is 0 Å². The van der Waals surface area contributed by atoms with Crippen LogP contribution in [0, 0.1) is 5.82 Å². The van der Waals surface area contributed by atoms with Gasteiger partial charge in [-0.15, -0.1) is 0 Å². The summed E-state index contributed by atoms with van der Waals surface area (Å²) >= 11 is 5.63. The van der Waals surface area contributed by atoms with Crippen LogP contribution in [0.25, 0.3) is 0 Å². The van der Waals surface area contributed by atoms with Gasteiger partial charge in [0.2, 0.25) is 0 Å². The molecule has 0 aliphatic rings. The summed E-state index contributed by atoms with van der Waals surface area (Å²) in [5.74, 6) is -0.787. The van der Waals surface area contributed by atoms with E-state index >= 15 is 0 Å². The predicted octanol–water partition coefficient (Wildman–Crippen LogP) is 4.23. The average Bonchev–Trinajstić information content (AvgIpc) is 2.45. The van der Waals surface area contributed by atoms with Gasteiger partial charge in [0, 0.05) is 0 Å². The first-order valence-electron chi connectivity index (χ1n) is 6.50. The molecule has 0 spiro atoms. The van der Waals surface area contributed by atoms with Crippen LogP contribution in [0.2, 0.25) is 5.02 Å². The van der Waals surface area contributed by atoms with Gasteiger partial charge in [-0.2, -0.15) is 0 Å². The maximum atomic E-state index is 13.8. The van der Waals surface area contributed by atoms with E-state index in [1.165, 1.54) is 30.3 Å². The normalized spacial score (nSPS) is 11.4. The topological polar surface area (TPSA) is 46.2 Å². The molecule has 112 valence electrons. The van der Waals surface area contributed by atoms with Gasteiger partial charge < -0.3 is 0 Å². The van der Waals surface area contributed by atoms with Crippen molar-refractivity contribution in [1.29, 1.82) is 0 Å². The van der Waals surface area contributed by atoms with Crippen LogP contribution in [-0.2, 0) is 16.4 Å². The lowest BCUT2D eigenvalue weighted by atomic mass is 10.1. The molecule has 2 aromatic carbocycles. The summed E-state index contributed by atoms with van der Waals surface area (Å²) < 4.78 is 40.4. The Kier molecular flexibility index (Phi) is 4.85. The molecule has 0 heterocycles. The molecule has 0 saturated carbocycles. The zero-order valence-electron chi connectivity index (χ0n) is 11.4. The number of sulfonamides is 1. The highest BCUT2D eigenvalue weighted by Crippen LogP contribution is 2.24. The van der Waals surface area contributed by atoms with Crippen molar-refractivity contribution in [2.75, 3.05) is 4.72 Å². The third kappa shape index (κ3) is 3.74. The van der Waals surface area contributed by atoms with Gasteiger partial charge in [-0.3, -0.25) is 4.72 Å². The lowest BCUT2D eigenvalue weighted by molar-refractivity contribution is 0.598. The fourth-order valence-corrected chi connectivity index (χ4v) is 3.14. The van der Waals surface area contributed by atoms with Crippen LogP contribution < -0.4 is 4.72 Å². The minimum absolute atomic E-state index is 0.0849. The van der Waals surface area contributed by atoms with E-state index in [0.29, 0.717) is 0 Å². The number of halogens is 2. The van der Waals surface area contributed by atoms with Gasteiger partial charge >= 0.3 is 0 Å². The van der Waals surface area contributed by atoms with Crippen LogP contribution in [0.1, 0.15) is 18.9 Å². The fraction of sp³-hybridized carbons (Fsp3) is 0.200. The second-order valence-electron chi connectivity index (χ2n) is 4.60. The van der Waals surface area contributed by atoms with Crippen molar-refractivity contribution in [3.05, 3.63) is 58.9 Å². The number of anilines is 1. The van der Waals surface area contributed by atoms with Crippen molar-refractivity contribution in [2.24, 2.45) is 0 Å². The average molecular weight is 328 g/mol. The van der Waals surface area contributed by atoms with Crippen LogP contribution in [-0.4, -0.2) is 8.42 Å². The summed E-state index contributed by atoms with van der Waals surface area (Å²) in [6.45, 7) is 2.05. The van der Waals surface area contributed by atoms with Crippen molar-refractivity contribution < 1.29 is 12.8 Å². The predicted molar refractivity (Wildman–Crippen MR) is 82.7 cm³/mol. The molecule has 1 N–H and O–H groups in total. The van der Waals surface area contributed by atoms with Crippen LogP contribution in [0.15, 0.2) is 47.4 Å². The molecule has 0 aliphatic carbocycles. The Morgan fingerprint density at radius 2 is 1.81 bits per heavy atom. The third-order valence-electron chi connectivity index (χ3n) is 2.97. The molecule has 2 rings (SSSR count). The zero-order chi connectivity index (χ0) is 15.5. The lowest BCUT2D eigenvalue weighted by Crippen LogP contribution is -2.14. The monoisotopic (exact) mass is 327 g/mol. The summed E-state index contributed by atoms with van der Waals surface area (Å²) in [4.78, 5) is 0.0849. The molecule has 21 heavy (non-hydrogen) atoms. The molecule has 2 aromatic rings. The number of hydrogen-bond donors (Lipinski definition) is 1. The molecular formula is C15H15ClFNO2S. The lowest BCUT2D eigenvalue weighted by Gasteiger charge is -2.10. The highest BCUT2D eigenvalue weighted by molar-refractivity contribution is 7.92. The van der Waals surface area contributed by atoms with Gasteiger partial charge in [0.05, 0.1) is 15.6 Å². The molecule has 0 bridgehead atoms. The van der Waals surface area contributed by atoms with E-state index in [2.05, 4.69) is 4.72 Å². The molecule has 0 radical (unpaired) electrons. The number of benzene rings is 2. The van der Waals surface area contributed by atoms with E-state index < -0.39 is 15.8 Å². The largest absolute Gasteiger partial charge is 0.277 e. The van der Waals surface area contributed by atoms with Crippen LogP contribution in [0.3, 0.4) is 0 Å². The summed E-state index contributed by atoms with van der Waals surface area (Å²) in [7, 11) is -3.83. The maximum absolute atomic E-state index is 13.8. The smallest absolute Gasteiger partial charge is 0.261 e. The molecule has 0 fully saturated rings. The van der Waals surface area contributed by atoms with Gasteiger partial charge in [0.25, 0.3) is 10.0 Å². The number of rotatable bonds is 5. The van der Waals surface area contributed by atoms with Gasteiger partial charge in [-0.1, -0.05) is 43.1 Å². The maximum Gasteiger partial charge on any atom is 0.261 e. The quantitative estimate of drug-likeness (QED) is 0.893. The zero-order valence-corrected chi connectivity index (χ0v) is 13.0. The fourth-order valence-electron chi connectivity index (χ4n) is 1.91. The van der Waals surface area contributed by atoms with E-state index in [0.717, 1.165) is 18.4 Å². The van der Waals surface area contributed by atoms with Crippen molar-refractivity contribution in [1.82, 2.24) is 0 Å². The molecule has 3 nitrogen and oxygen atoms in total. The van der Waals surface area contributed by atoms with E-state index in [1.807, 2.05) is 6.92 Å². The molecule has 0 atom stereocenters. The highest BCUT2D eigenvalue weighted by atomic mass is 35.5. The Hall–Kier alpha value is -1.59. The summed E-state index contributed by atoms with van der Waals surface area (Å²) in [6.07, 6.45) is 1.87. The molecule has 0 aliphatic heterocycles. The van der Waals surface area contributed by atoms with Gasteiger partial charge in [0.15, 0.2) is 5.82 Å². The van der Waals surface area contributed by atoms with Crippen molar-refractivity contribution >= 4 is 27.3 Å².